The molecular formula is C23H18F3N3O3S. The molecule has 0 aliphatic heterocycles. The molecule has 0 saturated carbocycles. The number of aromatic nitrogens is 2. The summed E-state index contributed by atoms with van der Waals surface area (Å²) in [5.41, 5.74) is 0.574. The number of carbonyl (C=O) groups excluding carboxylic acids is 1. The van der Waals surface area contributed by atoms with E-state index >= 15 is 0 Å². The van der Waals surface area contributed by atoms with E-state index in [1.807, 2.05) is 13.0 Å². The zero-order valence-corrected chi connectivity index (χ0v) is 18.4. The standard InChI is InChI=1S/C23H18F3N3O3S/c1-13-4-3-5-17(14(13)2)29-21(31)20-18(10-11-33-20)28(22(29)32)12-19(30)27-16-8-6-15(7-9-16)23(24,25)26/h3-11H,12H2,1-2H3,(H,27,30). The van der Waals surface area contributed by atoms with Crippen LogP contribution in [0.25, 0.3) is 15.9 Å². The number of benzene rings is 2. The highest BCUT2D eigenvalue weighted by molar-refractivity contribution is 7.17. The fourth-order valence-electron chi connectivity index (χ4n) is 3.52. The fourth-order valence-corrected chi connectivity index (χ4v) is 4.34. The average Bonchev–Trinajstić information content (AvgIpc) is 3.24. The van der Waals surface area contributed by atoms with E-state index in [-0.39, 0.29) is 5.69 Å². The molecule has 1 amide bonds. The van der Waals surface area contributed by atoms with Crippen molar-refractivity contribution in [1.82, 2.24) is 9.13 Å². The first-order valence-corrected chi connectivity index (χ1v) is 10.7. The predicted molar refractivity (Wildman–Crippen MR) is 121 cm³/mol. The van der Waals surface area contributed by atoms with E-state index in [4.69, 9.17) is 0 Å². The van der Waals surface area contributed by atoms with Crippen LogP contribution in [0.1, 0.15) is 16.7 Å². The van der Waals surface area contributed by atoms with Crippen molar-refractivity contribution in [1.29, 1.82) is 0 Å². The second-order valence-electron chi connectivity index (χ2n) is 7.49. The van der Waals surface area contributed by atoms with Gasteiger partial charge in [0.1, 0.15) is 11.2 Å². The van der Waals surface area contributed by atoms with E-state index in [0.29, 0.717) is 15.9 Å². The first-order chi connectivity index (χ1) is 15.6. The maximum atomic E-state index is 13.3. The van der Waals surface area contributed by atoms with Gasteiger partial charge in [-0.25, -0.2) is 9.36 Å². The molecule has 0 spiro atoms. The Morgan fingerprint density at radius 1 is 1.03 bits per heavy atom. The van der Waals surface area contributed by atoms with Crippen molar-refractivity contribution in [2.45, 2.75) is 26.6 Å². The minimum absolute atomic E-state index is 0.158. The molecule has 1 N–H and O–H groups in total. The Labute approximate surface area is 189 Å². The maximum Gasteiger partial charge on any atom is 0.416 e. The second kappa shape index (κ2) is 8.36. The van der Waals surface area contributed by atoms with Gasteiger partial charge < -0.3 is 5.32 Å². The molecule has 0 atom stereocenters. The Balaban J connectivity index is 1.73. The molecule has 0 saturated heterocycles. The summed E-state index contributed by atoms with van der Waals surface area (Å²) in [5.74, 6) is -0.615. The quantitative estimate of drug-likeness (QED) is 0.475. The predicted octanol–water partition coefficient (Wildman–Crippen LogP) is 4.49. The number of carbonyl (C=O) groups is 1. The highest BCUT2D eigenvalue weighted by Crippen LogP contribution is 2.29. The molecule has 0 radical (unpaired) electrons. The summed E-state index contributed by atoms with van der Waals surface area (Å²) in [6.45, 7) is 3.25. The molecule has 0 fully saturated rings. The molecule has 4 rings (SSSR count). The topological polar surface area (TPSA) is 73.1 Å². The minimum Gasteiger partial charge on any atom is -0.325 e. The largest absolute Gasteiger partial charge is 0.416 e. The lowest BCUT2D eigenvalue weighted by Crippen LogP contribution is -2.40. The number of halogens is 3. The summed E-state index contributed by atoms with van der Waals surface area (Å²) >= 11 is 1.16. The van der Waals surface area contributed by atoms with Gasteiger partial charge in [0.25, 0.3) is 5.56 Å². The fraction of sp³-hybridized carbons (Fsp3) is 0.174. The molecule has 2 aromatic heterocycles. The summed E-state index contributed by atoms with van der Waals surface area (Å²) in [5, 5.41) is 4.15. The monoisotopic (exact) mass is 473 g/mol. The zero-order chi connectivity index (χ0) is 23.9. The first-order valence-electron chi connectivity index (χ1n) is 9.84. The van der Waals surface area contributed by atoms with E-state index in [1.165, 1.54) is 4.57 Å². The van der Waals surface area contributed by atoms with Gasteiger partial charge in [-0.05, 0) is 66.8 Å². The number of nitrogens with one attached hydrogen (secondary N) is 1. The zero-order valence-electron chi connectivity index (χ0n) is 17.6. The number of alkyl halides is 3. The Bertz CT molecular complexity index is 1480. The molecule has 2 aromatic carbocycles. The summed E-state index contributed by atoms with van der Waals surface area (Å²) in [6.07, 6.45) is -4.48. The second-order valence-corrected chi connectivity index (χ2v) is 8.40. The van der Waals surface area contributed by atoms with Crippen molar-refractivity contribution < 1.29 is 18.0 Å². The molecule has 4 aromatic rings. The summed E-state index contributed by atoms with van der Waals surface area (Å²) in [4.78, 5) is 39.1. The Hall–Kier alpha value is -3.66. The van der Waals surface area contributed by atoms with Crippen LogP contribution >= 0.6 is 11.3 Å². The third-order valence-corrected chi connectivity index (χ3v) is 6.26. The first kappa shape index (κ1) is 22.5. The van der Waals surface area contributed by atoms with E-state index in [2.05, 4.69) is 5.32 Å². The number of amides is 1. The van der Waals surface area contributed by atoms with Gasteiger partial charge >= 0.3 is 11.9 Å². The maximum absolute atomic E-state index is 13.3. The summed E-state index contributed by atoms with van der Waals surface area (Å²) in [6, 6.07) is 10.9. The van der Waals surface area contributed by atoms with Gasteiger partial charge in [-0.2, -0.15) is 13.2 Å². The molecule has 2 heterocycles. The molecular weight excluding hydrogens is 455 g/mol. The lowest BCUT2D eigenvalue weighted by Gasteiger charge is -2.15. The smallest absolute Gasteiger partial charge is 0.325 e. The van der Waals surface area contributed by atoms with Crippen molar-refractivity contribution in [3.8, 4) is 5.69 Å². The molecule has 10 heteroatoms. The van der Waals surface area contributed by atoms with Crippen LogP contribution in [-0.4, -0.2) is 15.0 Å². The van der Waals surface area contributed by atoms with Crippen molar-refractivity contribution in [3.63, 3.8) is 0 Å². The number of nitrogens with zero attached hydrogens (tertiary/aromatic N) is 2. The highest BCUT2D eigenvalue weighted by atomic mass is 32.1. The molecule has 0 bridgehead atoms. The molecule has 0 unspecified atom stereocenters. The number of fused-ring (bicyclic) bond motifs is 1. The number of hydrogen-bond donors (Lipinski definition) is 1. The average molecular weight is 473 g/mol. The van der Waals surface area contributed by atoms with E-state index in [9.17, 15) is 27.6 Å². The van der Waals surface area contributed by atoms with Gasteiger partial charge in [0.2, 0.25) is 5.91 Å². The van der Waals surface area contributed by atoms with Crippen molar-refractivity contribution in [3.05, 3.63) is 91.4 Å². The van der Waals surface area contributed by atoms with Gasteiger partial charge in [-0.1, -0.05) is 12.1 Å². The van der Waals surface area contributed by atoms with Gasteiger partial charge in [-0.15, -0.1) is 11.3 Å². The van der Waals surface area contributed by atoms with E-state index in [1.54, 1.807) is 30.5 Å². The van der Waals surface area contributed by atoms with E-state index < -0.39 is 35.4 Å². The van der Waals surface area contributed by atoms with Crippen LogP contribution in [-0.2, 0) is 17.5 Å². The van der Waals surface area contributed by atoms with Crippen LogP contribution in [0.15, 0.2) is 63.5 Å². The summed E-state index contributed by atoms with van der Waals surface area (Å²) in [7, 11) is 0. The van der Waals surface area contributed by atoms with Crippen molar-refractivity contribution in [2.24, 2.45) is 0 Å². The van der Waals surface area contributed by atoms with Crippen molar-refractivity contribution in [2.75, 3.05) is 5.32 Å². The van der Waals surface area contributed by atoms with Crippen LogP contribution < -0.4 is 16.6 Å². The Morgan fingerprint density at radius 2 is 1.73 bits per heavy atom. The third-order valence-electron chi connectivity index (χ3n) is 5.37. The van der Waals surface area contributed by atoms with Gasteiger partial charge in [0.15, 0.2) is 0 Å². The Kier molecular flexibility index (Phi) is 5.71. The molecule has 170 valence electrons. The molecule has 0 aliphatic rings. The molecule has 0 aliphatic carbocycles. The molecule has 33 heavy (non-hydrogen) atoms. The molecule has 6 nitrogen and oxygen atoms in total. The third kappa shape index (κ3) is 4.21. The lowest BCUT2D eigenvalue weighted by molar-refractivity contribution is -0.137. The SMILES string of the molecule is Cc1cccc(-n2c(=O)c3sccc3n(CC(=O)Nc3ccc(C(F)(F)F)cc3)c2=O)c1C. The van der Waals surface area contributed by atoms with Crippen LogP contribution in [0, 0.1) is 13.8 Å². The normalized spacial score (nSPS) is 11.7. The summed E-state index contributed by atoms with van der Waals surface area (Å²) < 4.78 is 40.8. The number of aryl methyl sites for hydroxylation is 1. The van der Waals surface area contributed by atoms with Crippen LogP contribution in [0.2, 0.25) is 0 Å². The van der Waals surface area contributed by atoms with Crippen LogP contribution in [0.3, 0.4) is 0 Å². The number of anilines is 1. The van der Waals surface area contributed by atoms with Gasteiger partial charge in [0.05, 0.1) is 16.8 Å². The number of thiophene rings is 1. The minimum atomic E-state index is -4.48. The van der Waals surface area contributed by atoms with Gasteiger partial charge in [-0.3, -0.25) is 14.2 Å². The van der Waals surface area contributed by atoms with Gasteiger partial charge in [0, 0.05) is 5.69 Å². The van der Waals surface area contributed by atoms with E-state index in [0.717, 1.165) is 51.3 Å². The van der Waals surface area contributed by atoms with Crippen LogP contribution in [0.4, 0.5) is 18.9 Å². The Morgan fingerprint density at radius 3 is 2.39 bits per heavy atom. The van der Waals surface area contributed by atoms with Crippen molar-refractivity contribution >= 4 is 33.1 Å². The lowest BCUT2D eigenvalue weighted by atomic mass is 10.1. The van der Waals surface area contributed by atoms with Crippen LogP contribution in [0.5, 0.6) is 0 Å². The number of hydrogen-bond acceptors (Lipinski definition) is 4. The highest BCUT2D eigenvalue weighted by Gasteiger charge is 2.30. The number of rotatable bonds is 4.